The van der Waals surface area contributed by atoms with Crippen LogP contribution >= 0.6 is 0 Å². The number of anilines is 1. The first kappa shape index (κ1) is 16.3. The smallest absolute Gasteiger partial charge is 0.225 e. The number of fused-ring (bicyclic) bond motifs is 1. The van der Waals surface area contributed by atoms with Crippen LogP contribution in [0.3, 0.4) is 0 Å². The van der Waals surface area contributed by atoms with Gasteiger partial charge >= 0.3 is 0 Å². The molecule has 1 N–H and O–H groups in total. The first-order valence-electron chi connectivity index (χ1n) is 9.56. The lowest BCUT2D eigenvalue weighted by molar-refractivity contribution is -0.126. The zero-order chi connectivity index (χ0) is 17.1. The third-order valence-corrected chi connectivity index (χ3v) is 5.57. The number of benzene rings is 1. The molecule has 1 saturated carbocycles. The Morgan fingerprint density at radius 3 is 2.76 bits per heavy atom. The molecule has 0 spiro atoms. The van der Waals surface area contributed by atoms with Crippen LogP contribution in [0, 0.1) is 5.92 Å². The number of hydrogen-bond acceptors (Lipinski definition) is 4. The van der Waals surface area contributed by atoms with Gasteiger partial charge in [-0.05, 0) is 37.8 Å². The van der Waals surface area contributed by atoms with Crippen molar-refractivity contribution in [2.75, 3.05) is 18.0 Å². The van der Waals surface area contributed by atoms with Crippen molar-refractivity contribution in [2.24, 2.45) is 5.92 Å². The van der Waals surface area contributed by atoms with E-state index in [9.17, 15) is 4.79 Å². The lowest BCUT2D eigenvalue weighted by Crippen LogP contribution is -2.46. The monoisotopic (exact) mass is 338 g/mol. The van der Waals surface area contributed by atoms with Crippen LogP contribution < -0.4 is 10.2 Å². The molecule has 25 heavy (non-hydrogen) atoms. The molecule has 1 aromatic heterocycles. The molecule has 2 fully saturated rings. The number of aromatic nitrogens is 2. The van der Waals surface area contributed by atoms with Gasteiger partial charge in [0.2, 0.25) is 5.91 Å². The number of nitrogens with one attached hydrogen (secondary N) is 1. The average molecular weight is 338 g/mol. The number of amides is 1. The molecule has 1 aliphatic carbocycles. The summed E-state index contributed by atoms with van der Waals surface area (Å²) in [6.07, 6.45) is 9.70. The van der Waals surface area contributed by atoms with Crippen molar-refractivity contribution in [3.8, 4) is 0 Å². The van der Waals surface area contributed by atoms with Crippen LogP contribution in [0.4, 0.5) is 5.82 Å². The standard InChI is InChI=1S/C20H26N4O/c25-20(23-16-8-2-1-3-9-16)15-7-6-12-24(13-15)19-17-10-4-5-11-18(17)21-14-22-19/h4-5,10-11,14-16H,1-3,6-9,12-13H2,(H,23,25). The molecule has 1 aromatic carbocycles. The maximum Gasteiger partial charge on any atom is 0.225 e. The number of hydrogen-bond donors (Lipinski definition) is 1. The van der Waals surface area contributed by atoms with Crippen molar-refractivity contribution in [2.45, 2.75) is 51.0 Å². The molecule has 2 heterocycles. The number of piperidine rings is 1. The van der Waals surface area contributed by atoms with Crippen LogP contribution in [-0.2, 0) is 4.79 Å². The van der Waals surface area contributed by atoms with E-state index in [2.05, 4.69) is 26.3 Å². The van der Waals surface area contributed by atoms with E-state index in [1.54, 1.807) is 6.33 Å². The lowest BCUT2D eigenvalue weighted by atomic mass is 9.93. The Morgan fingerprint density at radius 2 is 1.88 bits per heavy atom. The fraction of sp³-hybridized carbons (Fsp3) is 0.550. The van der Waals surface area contributed by atoms with E-state index in [0.717, 1.165) is 55.5 Å². The third-order valence-electron chi connectivity index (χ3n) is 5.57. The normalized spacial score (nSPS) is 22.1. The fourth-order valence-electron chi connectivity index (χ4n) is 4.19. The molecule has 0 radical (unpaired) electrons. The SMILES string of the molecule is O=C(NC1CCCCC1)C1CCCN(c2ncnc3ccccc23)C1. The van der Waals surface area contributed by atoms with Crippen molar-refractivity contribution < 1.29 is 4.79 Å². The van der Waals surface area contributed by atoms with Crippen LogP contribution in [0.15, 0.2) is 30.6 Å². The molecule has 1 saturated heterocycles. The van der Waals surface area contributed by atoms with Crippen molar-refractivity contribution in [3.63, 3.8) is 0 Å². The largest absolute Gasteiger partial charge is 0.355 e. The summed E-state index contributed by atoms with van der Waals surface area (Å²) in [5.74, 6) is 1.25. The van der Waals surface area contributed by atoms with Crippen molar-refractivity contribution in [3.05, 3.63) is 30.6 Å². The predicted molar refractivity (Wildman–Crippen MR) is 99.5 cm³/mol. The van der Waals surface area contributed by atoms with Gasteiger partial charge in [-0.1, -0.05) is 31.4 Å². The first-order valence-corrected chi connectivity index (χ1v) is 9.56. The molecular formula is C20H26N4O. The maximum atomic E-state index is 12.7. The molecule has 132 valence electrons. The van der Waals surface area contributed by atoms with E-state index in [0.29, 0.717) is 6.04 Å². The molecule has 1 amide bonds. The summed E-state index contributed by atoms with van der Waals surface area (Å²) in [5, 5.41) is 4.37. The second kappa shape index (κ2) is 7.38. The Balaban J connectivity index is 1.47. The van der Waals surface area contributed by atoms with Gasteiger partial charge in [-0.2, -0.15) is 0 Å². The van der Waals surface area contributed by atoms with Crippen LogP contribution in [0.2, 0.25) is 0 Å². The van der Waals surface area contributed by atoms with Gasteiger partial charge in [-0.3, -0.25) is 4.79 Å². The molecular weight excluding hydrogens is 312 g/mol. The minimum absolute atomic E-state index is 0.0596. The van der Waals surface area contributed by atoms with Gasteiger partial charge in [0.15, 0.2) is 0 Å². The number of para-hydroxylation sites is 1. The van der Waals surface area contributed by atoms with E-state index < -0.39 is 0 Å². The minimum atomic E-state index is 0.0596. The Bertz CT molecular complexity index is 736. The van der Waals surface area contributed by atoms with Crippen molar-refractivity contribution >= 4 is 22.6 Å². The van der Waals surface area contributed by atoms with Crippen molar-refractivity contribution in [1.29, 1.82) is 0 Å². The van der Waals surface area contributed by atoms with Crippen LogP contribution in [-0.4, -0.2) is 35.0 Å². The highest BCUT2D eigenvalue weighted by Gasteiger charge is 2.29. The van der Waals surface area contributed by atoms with E-state index in [-0.39, 0.29) is 11.8 Å². The van der Waals surface area contributed by atoms with E-state index in [4.69, 9.17) is 0 Å². The summed E-state index contributed by atoms with van der Waals surface area (Å²) < 4.78 is 0. The van der Waals surface area contributed by atoms with Gasteiger partial charge < -0.3 is 10.2 Å². The first-order chi connectivity index (χ1) is 12.3. The van der Waals surface area contributed by atoms with Crippen molar-refractivity contribution in [1.82, 2.24) is 15.3 Å². The molecule has 1 atom stereocenters. The molecule has 5 nitrogen and oxygen atoms in total. The quantitative estimate of drug-likeness (QED) is 0.933. The van der Waals surface area contributed by atoms with Gasteiger partial charge in [0.1, 0.15) is 12.1 Å². The summed E-state index contributed by atoms with van der Waals surface area (Å²) in [6.45, 7) is 1.70. The van der Waals surface area contributed by atoms with Gasteiger partial charge in [0, 0.05) is 24.5 Å². The zero-order valence-electron chi connectivity index (χ0n) is 14.7. The number of rotatable bonds is 3. The van der Waals surface area contributed by atoms with Gasteiger partial charge in [0.25, 0.3) is 0 Å². The number of carbonyl (C=O) groups is 1. The Labute approximate surface area is 148 Å². The zero-order valence-corrected chi connectivity index (χ0v) is 14.7. The topological polar surface area (TPSA) is 58.1 Å². The summed E-state index contributed by atoms with van der Waals surface area (Å²) in [7, 11) is 0. The second-order valence-electron chi connectivity index (χ2n) is 7.34. The Kier molecular flexibility index (Phi) is 4.81. The van der Waals surface area contributed by atoms with Gasteiger partial charge in [-0.15, -0.1) is 0 Å². The van der Waals surface area contributed by atoms with Gasteiger partial charge in [-0.25, -0.2) is 9.97 Å². The second-order valence-corrected chi connectivity index (χ2v) is 7.34. The molecule has 1 aliphatic heterocycles. The van der Waals surface area contributed by atoms with Crippen LogP contribution in [0.25, 0.3) is 10.9 Å². The maximum absolute atomic E-state index is 12.7. The molecule has 1 unspecified atom stereocenters. The Hall–Kier alpha value is -2.17. The van der Waals surface area contributed by atoms with Gasteiger partial charge in [0.05, 0.1) is 11.4 Å². The molecule has 5 heteroatoms. The minimum Gasteiger partial charge on any atom is -0.355 e. The lowest BCUT2D eigenvalue weighted by Gasteiger charge is -2.34. The molecule has 2 aliphatic rings. The molecule has 0 bridgehead atoms. The molecule has 4 rings (SSSR count). The number of nitrogens with zero attached hydrogens (tertiary/aromatic N) is 3. The fourth-order valence-corrected chi connectivity index (χ4v) is 4.19. The summed E-state index contributed by atoms with van der Waals surface area (Å²) in [4.78, 5) is 23.9. The summed E-state index contributed by atoms with van der Waals surface area (Å²) >= 11 is 0. The Morgan fingerprint density at radius 1 is 1.04 bits per heavy atom. The number of carbonyl (C=O) groups excluding carboxylic acids is 1. The highest BCUT2D eigenvalue weighted by molar-refractivity contribution is 5.89. The highest BCUT2D eigenvalue weighted by atomic mass is 16.2. The highest BCUT2D eigenvalue weighted by Crippen LogP contribution is 2.27. The third kappa shape index (κ3) is 3.60. The average Bonchev–Trinajstić information content (AvgIpc) is 2.68. The van der Waals surface area contributed by atoms with E-state index >= 15 is 0 Å². The predicted octanol–water partition coefficient (Wildman–Crippen LogP) is 3.30. The van der Waals surface area contributed by atoms with Crippen LogP contribution in [0.5, 0.6) is 0 Å². The summed E-state index contributed by atoms with van der Waals surface area (Å²) in [5.41, 5.74) is 0.960. The van der Waals surface area contributed by atoms with E-state index in [1.807, 2.05) is 18.2 Å². The summed E-state index contributed by atoms with van der Waals surface area (Å²) in [6, 6.07) is 8.48. The van der Waals surface area contributed by atoms with E-state index in [1.165, 1.54) is 19.3 Å². The van der Waals surface area contributed by atoms with Crippen LogP contribution in [0.1, 0.15) is 44.9 Å². The molecule has 2 aromatic rings.